The van der Waals surface area contributed by atoms with Gasteiger partial charge in [0, 0.05) is 28.6 Å². The second-order valence-electron chi connectivity index (χ2n) is 8.09. The number of ether oxygens (including phenoxy) is 1. The third kappa shape index (κ3) is 5.21. The van der Waals surface area contributed by atoms with Crippen molar-refractivity contribution in [2.24, 2.45) is 0 Å². The van der Waals surface area contributed by atoms with Crippen molar-refractivity contribution in [3.63, 3.8) is 0 Å². The second kappa shape index (κ2) is 10.3. The number of hydrogen-bond donors (Lipinski definition) is 1. The molecule has 1 aromatic heterocycles. The van der Waals surface area contributed by atoms with Gasteiger partial charge in [-0.2, -0.15) is 0 Å². The Hall–Kier alpha value is -3.68. The van der Waals surface area contributed by atoms with E-state index in [1.165, 1.54) is 4.90 Å². The number of thiocarbonyl (C=S) groups is 1. The highest BCUT2D eigenvalue weighted by molar-refractivity contribution is 7.80. The molecular weight excluding hydrogens is 482 g/mol. The summed E-state index contributed by atoms with van der Waals surface area (Å²) in [5.41, 5.74) is 4.64. The summed E-state index contributed by atoms with van der Waals surface area (Å²) in [4.78, 5) is 26.7. The van der Waals surface area contributed by atoms with Gasteiger partial charge < -0.3 is 9.30 Å². The maximum Gasteiger partial charge on any atom is 0.265 e. The van der Waals surface area contributed by atoms with E-state index in [0.717, 1.165) is 34.0 Å². The summed E-state index contributed by atoms with van der Waals surface area (Å²) >= 11 is 11.1. The highest BCUT2D eigenvalue weighted by Gasteiger charge is 2.32. The third-order valence-electron chi connectivity index (χ3n) is 5.68. The fraction of sp³-hybridized carbons (Fsp3) is 0.148. The van der Waals surface area contributed by atoms with Crippen molar-refractivity contribution in [2.45, 2.75) is 20.5 Å². The highest BCUT2D eigenvalue weighted by atomic mass is 35.5. The van der Waals surface area contributed by atoms with Gasteiger partial charge in [0.05, 0.1) is 0 Å². The standard InChI is InChI=1S/C27H24ClN3O3S/c1-4-13-30-26(33)24(25(32)29-27(30)35)15-20-14-17(2)31(18(20)3)22-9-11-23(12-10-22)34-16-19-5-7-21(28)8-6-19/h4-12,14-15H,1,13,16H2,2-3H3,(H,29,32,35)/b24-15+. The number of nitrogens with one attached hydrogen (secondary N) is 1. The van der Waals surface area contributed by atoms with Gasteiger partial charge in [-0.3, -0.25) is 19.8 Å². The lowest BCUT2D eigenvalue weighted by Gasteiger charge is -2.27. The minimum absolute atomic E-state index is 0.0339. The van der Waals surface area contributed by atoms with Crippen molar-refractivity contribution in [3.8, 4) is 11.4 Å². The number of carbonyl (C=O) groups is 2. The molecule has 1 aliphatic heterocycles. The van der Waals surface area contributed by atoms with Crippen LogP contribution in [0.25, 0.3) is 11.8 Å². The van der Waals surface area contributed by atoms with Crippen molar-refractivity contribution in [1.82, 2.24) is 14.8 Å². The fourth-order valence-electron chi connectivity index (χ4n) is 3.91. The third-order valence-corrected chi connectivity index (χ3v) is 6.26. The SMILES string of the molecule is C=CCN1C(=O)/C(=C/c2cc(C)n(-c3ccc(OCc4ccc(Cl)cc4)cc3)c2C)C(=O)NC1=S. The Morgan fingerprint density at radius 2 is 1.77 bits per heavy atom. The van der Waals surface area contributed by atoms with Gasteiger partial charge in [0.1, 0.15) is 17.9 Å². The number of aryl methyl sites for hydroxylation is 1. The van der Waals surface area contributed by atoms with Crippen LogP contribution in [0.5, 0.6) is 5.75 Å². The first-order chi connectivity index (χ1) is 16.8. The van der Waals surface area contributed by atoms with Gasteiger partial charge in [0.2, 0.25) is 0 Å². The Balaban J connectivity index is 1.56. The molecular formula is C27H24ClN3O3S. The first-order valence-corrected chi connectivity index (χ1v) is 11.7. The van der Waals surface area contributed by atoms with Crippen molar-refractivity contribution >= 4 is 46.8 Å². The summed E-state index contributed by atoms with van der Waals surface area (Å²) in [6.45, 7) is 8.23. The molecule has 35 heavy (non-hydrogen) atoms. The zero-order valence-corrected chi connectivity index (χ0v) is 20.9. The zero-order chi connectivity index (χ0) is 25.1. The number of hydrogen-bond acceptors (Lipinski definition) is 4. The smallest absolute Gasteiger partial charge is 0.265 e. The average molecular weight is 506 g/mol. The molecule has 8 heteroatoms. The quantitative estimate of drug-likeness (QED) is 0.209. The topological polar surface area (TPSA) is 63.6 Å². The summed E-state index contributed by atoms with van der Waals surface area (Å²) < 4.78 is 7.95. The van der Waals surface area contributed by atoms with Crippen LogP contribution in [-0.2, 0) is 16.2 Å². The molecule has 0 atom stereocenters. The molecule has 3 aromatic rings. The summed E-state index contributed by atoms with van der Waals surface area (Å²) in [6, 6.07) is 17.2. The van der Waals surface area contributed by atoms with E-state index in [1.54, 1.807) is 12.2 Å². The van der Waals surface area contributed by atoms with Crippen LogP contribution in [0.3, 0.4) is 0 Å². The van der Waals surface area contributed by atoms with Gasteiger partial charge in [-0.1, -0.05) is 29.8 Å². The molecule has 6 nitrogen and oxygen atoms in total. The van der Waals surface area contributed by atoms with E-state index in [1.807, 2.05) is 68.4 Å². The Morgan fingerprint density at radius 3 is 2.43 bits per heavy atom. The normalized spacial score (nSPS) is 14.9. The Labute approximate surface area is 214 Å². The molecule has 1 fully saturated rings. The van der Waals surface area contributed by atoms with Crippen molar-refractivity contribution in [3.05, 3.63) is 100 Å². The van der Waals surface area contributed by atoms with Crippen molar-refractivity contribution in [1.29, 1.82) is 0 Å². The molecule has 1 saturated heterocycles. The summed E-state index contributed by atoms with van der Waals surface area (Å²) in [5, 5.41) is 3.35. The van der Waals surface area contributed by atoms with Crippen LogP contribution in [0.2, 0.25) is 5.02 Å². The van der Waals surface area contributed by atoms with Gasteiger partial charge in [0.15, 0.2) is 5.11 Å². The van der Waals surface area contributed by atoms with Crippen LogP contribution in [0, 0.1) is 13.8 Å². The maximum absolute atomic E-state index is 12.9. The number of nitrogens with zero attached hydrogens (tertiary/aromatic N) is 2. The summed E-state index contributed by atoms with van der Waals surface area (Å²) in [5.74, 6) is -0.200. The van der Waals surface area contributed by atoms with Crippen molar-refractivity contribution in [2.75, 3.05) is 6.54 Å². The zero-order valence-electron chi connectivity index (χ0n) is 19.4. The van der Waals surface area contributed by atoms with Gasteiger partial charge in [-0.05, 0) is 85.7 Å². The molecule has 178 valence electrons. The van der Waals surface area contributed by atoms with E-state index in [-0.39, 0.29) is 17.2 Å². The number of rotatable bonds is 7. The lowest BCUT2D eigenvalue weighted by Crippen LogP contribution is -2.53. The van der Waals surface area contributed by atoms with Crippen LogP contribution in [-0.4, -0.2) is 32.9 Å². The molecule has 0 radical (unpaired) electrons. The average Bonchev–Trinajstić information content (AvgIpc) is 3.12. The van der Waals surface area contributed by atoms with Gasteiger partial charge >= 0.3 is 0 Å². The van der Waals surface area contributed by atoms with Crippen LogP contribution < -0.4 is 10.1 Å². The van der Waals surface area contributed by atoms with Crippen LogP contribution in [0.1, 0.15) is 22.5 Å². The fourth-order valence-corrected chi connectivity index (χ4v) is 4.29. The van der Waals surface area contributed by atoms with E-state index in [2.05, 4.69) is 16.5 Å². The number of carbonyl (C=O) groups excluding carboxylic acids is 2. The first kappa shape index (κ1) is 24.4. The second-order valence-corrected chi connectivity index (χ2v) is 8.92. The number of amides is 2. The molecule has 1 N–H and O–H groups in total. The predicted octanol–water partition coefficient (Wildman–Crippen LogP) is 5.14. The molecule has 0 unspecified atom stereocenters. The molecule has 0 spiro atoms. The highest BCUT2D eigenvalue weighted by Crippen LogP contribution is 2.26. The predicted molar refractivity (Wildman–Crippen MR) is 142 cm³/mol. The molecule has 4 rings (SSSR count). The minimum atomic E-state index is -0.507. The molecule has 2 amide bonds. The maximum atomic E-state index is 12.9. The Kier molecular flexibility index (Phi) is 7.19. The summed E-state index contributed by atoms with van der Waals surface area (Å²) in [7, 11) is 0. The lowest BCUT2D eigenvalue weighted by atomic mass is 10.1. The van der Waals surface area contributed by atoms with E-state index in [9.17, 15) is 9.59 Å². The molecule has 2 aromatic carbocycles. The molecule has 1 aliphatic rings. The number of halogens is 1. The Morgan fingerprint density at radius 1 is 1.09 bits per heavy atom. The number of benzene rings is 2. The number of aromatic nitrogens is 1. The molecule has 0 bridgehead atoms. The first-order valence-electron chi connectivity index (χ1n) is 10.9. The lowest BCUT2D eigenvalue weighted by molar-refractivity contribution is -0.128. The van der Waals surface area contributed by atoms with Crippen LogP contribution >= 0.6 is 23.8 Å². The largest absolute Gasteiger partial charge is 0.489 e. The molecule has 0 saturated carbocycles. The van der Waals surface area contributed by atoms with Crippen LogP contribution in [0.4, 0.5) is 0 Å². The Bertz CT molecular complexity index is 1340. The summed E-state index contributed by atoms with van der Waals surface area (Å²) in [6.07, 6.45) is 3.17. The minimum Gasteiger partial charge on any atom is -0.489 e. The van der Waals surface area contributed by atoms with Gasteiger partial charge in [0.25, 0.3) is 11.8 Å². The van der Waals surface area contributed by atoms with E-state index < -0.39 is 11.8 Å². The monoisotopic (exact) mass is 505 g/mol. The molecule has 2 heterocycles. The van der Waals surface area contributed by atoms with E-state index >= 15 is 0 Å². The molecule has 0 aliphatic carbocycles. The van der Waals surface area contributed by atoms with Crippen LogP contribution in [0.15, 0.2) is 72.8 Å². The van der Waals surface area contributed by atoms with Gasteiger partial charge in [-0.15, -0.1) is 6.58 Å². The van der Waals surface area contributed by atoms with Crippen molar-refractivity contribution < 1.29 is 14.3 Å². The van der Waals surface area contributed by atoms with E-state index in [4.69, 9.17) is 28.6 Å². The van der Waals surface area contributed by atoms with Gasteiger partial charge in [-0.25, -0.2) is 0 Å². The van der Waals surface area contributed by atoms with E-state index in [0.29, 0.717) is 11.6 Å².